The average Bonchev–Trinajstić information content (AvgIpc) is 2.85. The van der Waals surface area contributed by atoms with Gasteiger partial charge in [-0.1, -0.05) is 6.07 Å². The number of Topliss-reactive ketones (excluding diaryl/α,β-unsaturated/α-hetero) is 1. The first-order valence-corrected chi connectivity index (χ1v) is 7.06. The molecule has 2 rings (SSSR count). The van der Waals surface area contributed by atoms with Gasteiger partial charge in [0.2, 0.25) is 5.91 Å². The van der Waals surface area contributed by atoms with E-state index >= 15 is 0 Å². The summed E-state index contributed by atoms with van der Waals surface area (Å²) in [5.41, 5.74) is 5.35. The highest BCUT2D eigenvalue weighted by atomic mass is 32.1. The van der Waals surface area contributed by atoms with E-state index in [9.17, 15) is 9.59 Å². The maximum atomic E-state index is 12.0. The highest BCUT2D eigenvalue weighted by molar-refractivity contribution is 7.12. The number of hydrogen-bond acceptors (Lipinski definition) is 4. The van der Waals surface area contributed by atoms with Gasteiger partial charge in [-0.25, -0.2) is 0 Å². The van der Waals surface area contributed by atoms with Crippen molar-refractivity contribution in [2.45, 2.75) is 25.8 Å². The standard InChI is InChI=1S/C13H18N2O2S/c1-9-4-5-10(13(14)17)7-15(9)8-11(16)12-3-2-6-18-12/h2-3,6,9-10H,4-5,7-8H2,1H3,(H2,14,17). The van der Waals surface area contributed by atoms with Crippen LogP contribution in [0.4, 0.5) is 0 Å². The van der Waals surface area contributed by atoms with Gasteiger partial charge >= 0.3 is 0 Å². The number of carbonyl (C=O) groups is 2. The first-order valence-electron chi connectivity index (χ1n) is 6.18. The van der Waals surface area contributed by atoms with Crippen LogP contribution in [0.3, 0.4) is 0 Å². The molecule has 18 heavy (non-hydrogen) atoms. The molecule has 1 saturated heterocycles. The lowest BCUT2D eigenvalue weighted by atomic mass is 9.93. The normalized spacial score (nSPS) is 24.9. The molecule has 98 valence electrons. The third kappa shape index (κ3) is 2.97. The maximum absolute atomic E-state index is 12.0. The van der Waals surface area contributed by atoms with E-state index in [2.05, 4.69) is 11.8 Å². The van der Waals surface area contributed by atoms with Crippen LogP contribution < -0.4 is 5.73 Å². The average molecular weight is 266 g/mol. The Bertz CT molecular complexity index is 430. The molecule has 5 heteroatoms. The Balaban J connectivity index is 1.98. The van der Waals surface area contributed by atoms with Gasteiger partial charge in [0, 0.05) is 12.6 Å². The summed E-state index contributed by atoms with van der Waals surface area (Å²) in [4.78, 5) is 26.1. The lowest BCUT2D eigenvalue weighted by molar-refractivity contribution is -0.123. The molecule has 2 atom stereocenters. The molecule has 1 aromatic heterocycles. The van der Waals surface area contributed by atoms with E-state index in [1.807, 2.05) is 17.5 Å². The van der Waals surface area contributed by atoms with E-state index in [0.29, 0.717) is 19.1 Å². The van der Waals surface area contributed by atoms with E-state index in [1.54, 1.807) is 0 Å². The predicted molar refractivity (Wildman–Crippen MR) is 71.6 cm³/mol. The number of rotatable bonds is 4. The molecule has 0 bridgehead atoms. The molecule has 2 N–H and O–H groups in total. The molecule has 1 fully saturated rings. The van der Waals surface area contributed by atoms with Gasteiger partial charge in [0.25, 0.3) is 0 Å². The molecule has 2 unspecified atom stereocenters. The Kier molecular flexibility index (Phi) is 4.14. The summed E-state index contributed by atoms with van der Waals surface area (Å²) < 4.78 is 0. The van der Waals surface area contributed by atoms with Crippen molar-refractivity contribution < 1.29 is 9.59 Å². The van der Waals surface area contributed by atoms with Gasteiger partial charge in [0.05, 0.1) is 17.3 Å². The Morgan fingerprint density at radius 1 is 1.50 bits per heavy atom. The number of hydrogen-bond donors (Lipinski definition) is 1. The van der Waals surface area contributed by atoms with Gasteiger partial charge in [-0.05, 0) is 31.2 Å². The van der Waals surface area contributed by atoms with Crippen molar-refractivity contribution in [2.24, 2.45) is 11.7 Å². The first kappa shape index (κ1) is 13.2. The summed E-state index contributed by atoms with van der Waals surface area (Å²) in [7, 11) is 0. The minimum atomic E-state index is -0.254. The van der Waals surface area contributed by atoms with E-state index in [1.165, 1.54) is 11.3 Å². The van der Waals surface area contributed by atoms with Crippen LogP contribution in [-0.2, 0) is 4.79 Å². The number of piperidine rings is 1. The zero-order valence-corrected chi connectivity index (χ0v) is 11.3. The highest BCUT2D eigenvalue weighted by Crippen LogP contribution is 2.22. The number of nitrogens with zero attached hydrogens (tertiary/aromatic N) is 1. The molecule has 0 radical (unpaired) electrons. The van der Waals surface area contributed by atoms with E-state index < -0.39 is 0 Å². The minimum absolute atomic E-state index is 0.114. The van der Waals surface area contributed by atoms with E-state index in [4.69, 9.17) is 5.73 Å². The Morgan fingerprint density at radius 3 is 2.89 bits per heavy atom. The summed E-state index contributed by atoms with van der Waals surface area (Å²) in [6.45, 7) is 3.08. The van der Waals surface area contributed by atoms with Crippen molar-refractivity contribution >= 4 is 23.0 Å². The number of ketones is 1. The van der Waals surface area contributed by atoms with Gasteiger partial charge in [-0.3, -0.25) is 14.5 Å². The number of primary amides is 1. The van der Waals surface area contributed by atoms with Crippen LogP contribution in [-0.4, -0.2) is 35.7 Å². The fourth-order valence-electron chi connectivity index (χ4n) is 2.33. The number of amides is 1. The second-order valence-electron chi connectivity index (χ2n) is 4.86. The van der Waals surface area contributed by atoms with Crippen LogP contribution in [0.2, 0.25) is 0 Å². The van der Waals surface area contributed by atoms with Crippen LogP contribution in [0.15, 0.2) is 17.5 Å². The quantitative estimate of drug-likeness (QED) is 0.840. The van der Waals surface area contributed by atoms with Crippen LogP contribution in [0.1, 0.15) is 29.4 Å². The Hall–Kier alpha value is -1.20. The zero-order valence-electron chi connectivity index (χ0n) is 10.5. The van der Waals surface area contributed by atoms with Gasteiger partial charge < -0.3 is 5.73 Å². The fourth-order valence-corrected chi connectivity index (χ4v) is 2.99. The van der Waals surface area contributed by atoms with Crippen LogP contribution in [0.5, 0.6) is 0 Å². The summed E-state index contributed by atoms with van der Waals surface area (Å²) in [5, 5.41) is 1.90. The smallest absolute Gasteiger partial charge is 0.221 e. The number of carbonyl (C=O) groups excluding carboxylic acids is 2. The van der Waals surface area contributed by atoms with Gasteiger partial charge in [0.15, 0.2) is 5.78 Å². The van der Waals surface area contributed by atoms with Crippen LogP contribution in [0, 0.1) is 5.92 Å². The van der Waals surface area contributed by atoms with Crippen molar-refractivity contribution in [1.29, 1.82) is 0 Å². The van der Waals surface area contributed by atoms with Crippen molar-refractivity contribution in [3.8, 4) is 0 Å². The third-order valence-corrected chi connectivity index (χ3v) is 4.47. The molecule has 1 aliphatic rings. The van der Waals surface area contributed by atoms with Crippen molar-refractivity contribution in [3.63, 3.8) is 0 Å². The summed E-state index contributed by atoms with van der Waals surface area (Å²) in [6, 6.07) is 4.06. The SMILES string of the molecule is CC1CCC(C(N)=O)CN1CC(=O)c1cccs1. The molecule has 1 aliphatic heterocycles. The molecule has 0 spiro atoms. The fraction of sp³-hybridized carbons (Fsp3) is 0.538. The van der Waals surface area contributed by atoms with Crippen molar-refractivity contribution in [1.82, 2.24) is 4.90 Å². The predicted octanol–water partition coefficient (Wildman–Crippen LogP) is 1.52. The largest absolute Gasteiger partial charge is 0.369 e. The molecular formula is C13H18N2O2S. The summed E-state index contributed by atoms with van der Waals surface area (Å²) in [5.74, 6) is -0.241. The number of likely N-dealkylation sites (tertiary alicyclic amines) is 1. The van der Waals surface area contributed by atoms with Gasteiger partial charge in [-0.2, -0.15) is 0 Å². The molecule has 1 aromatic rings. The van der Waals surface area contributed by atoms with Crippen molar-refractivity contribution in [3.05, 3.63) is 22.4 Å². The van der Waals surface area contributed by atoms with E-state index in [-0.39, 0.29) is 17.6 Å². The molecule has 2 heterocycles. The lowest BCUT2D eigenvalue weighted by Gasteiger charge is -2.36. The lowest BCUT2D eigenvalue weighted by Crippen LogP contribution is -2.47. The Morgan fingerprint density at radius 2 is 2.28 bits per heavy atom. The summed E-state index contributed by atoms with van der Waals surface area (Å²) in [6.07, 6.45) is 1.76. The topological polar surface area (TPSA) is 63.4 Å². The third-order valence-electron chi connectivity index (χ3n) is 3.56. The van der Waals surface area contributed by atoms with Gasteiger partial charge in [0.1, 0.15) is 0 Å². The monoisotopic (exact) mass is 266 g/mol. The van der Waals surface area contributed by atoms with Crippen LogP contribution in [0.25, 0.3) is 0 Å². The molecule has 4 nitrogen and oxygen atoms in total. The van der Waals surface area contributed by atoms with E-state index in [0.717, 1.165) is 17.7 Å². The summed E-state index contributed by atoms with van der Waals surface area (Å²) >= 11 is 1.46. The number of nitrogens with two attached hydrogens (primary N) is 1. The maximum Gasteiger partial charge on any atom is 0.221 e. The number of thiophene rings is 1. The molecule has 0 aliphatic carbocycles. The van der Waals surface area contributed by atoms with Crippen molar-refractivity contribution in [2.75, 3.05) is 13.1 Å². The second-order valence-corrected chi connectivity index (χ2v) is 5.80. The molecule has 1 amide bonds. The Labute approximate surface area is 111 Å². The minimum Gasteiger partial charge on any atom is -0.369 e. The first-order chi connectivity index (χ1) is 8.58. The molecule has 0 saturated carbocycles. The second kappa shape index (κ2) is 5.63. The van der Waals surface area contributed by atoms with Gasteiger partial charge in [-0.15, -0.1) is 11.3 Å². The molecule has 0 aromatic carbocycles. The van der Waals surface area contributed by atoms with Crippen LogP contribution >= 0.6 is 11.3 Å². The molecular weight excluding hydrogens is 248 g/mol. The zero-order chi connectivity index (χ0) is 13.1. The highest BCUT2D eigenvalue weighted by Gasteiger charge is 2.29.